The van der Waals surface area contributed by atoms with Crippen molar-refractivity contribution in [3.8, 4) is 0 Å². The van der Waals surface area contributed by atoms with E-state index in [0.29, 0.717) is 0 Å². The largest absolute Gasteiger partial charge is 0.759 e. The van der Waals surface area contributed by atoms with Gasteiger partial charge in [0.25, 0.3) is 0 Å². The zero-order valence-electron chi connectivity index (χ0n) is 2.90. The molecule has 0 rings (SSSR count). The molecule has 0 saturated heterocycles. The number of halogens is 1. The Kier molecular flexibility index (Phi) is 3.44. The molecular weight excluding hydrogens is 197 g/mol. The van der Waals surface area contributed by atoms with E-state index in [1.54, 1.807) is 22.6 Å². The maximum Gasteiger partial charge on any atom is 0.219 e. The van der Waals surface area contributed by atoms with Crippen LogP contribution in [0.15, 0.2) is 0 Å². The molecule has 3 nitrogen and oxygen atoms in total. The quantitative estimate of drug-likeness (QED) is 0.369. The Hall–Kier alpha value is 0.160. The van der Waals surface area contributed by atoms with E-state index >= 15 is 0 Å². The predicted molar refractivity (Wildman–Crippen MR) is 30.4 cm³/mol. The molecule has 0 atom stereocenters. The van der Waals surface area contributed by atoms with Gasteiger partial charge in [0, 0.05) is 0 Å². The Balaban J connectivity index is 2.99. The minimum Gasteiger partial charge on any atom is -0.759 e. The molecule has 1 amide bonds. The van der Waals surface area contributed by atoms with E-state index in [0.717, 1.165) is 0 Å². The number of amides is 1. The van der Waals surface area contributed by atoms with Crippen molar-refractivity contribution >= 4 is 28.5 Å². The van der Waals surface area contributed by atoms with Crippen molar-refractivity contribution in [2.24, 2.45) is 0 Å². The van der Waals surface area contributed by atoms with E-state index in [1.807, 2.05) is 0 Å². The van der Waals surface area contributed by atoms with Crippen LogP contribution >= 0.6 is 22.6 Å². The average molecular weight is 200 g/mol. The van der Waals surface area contributed by atoms with Gasteiger partial charge in [-0.3, -0.25) is 4.79 Å². The van der Waals surface area contributed by atoms with Gasteiger partial charge in [-0.2, -0.15) is 0 Å². The molecule has 0 fully saturated rings. The predicted octanol–water partition coefficient (Wildman–Crippen LogP) is 0.0354. The van der Waals surface area contributed by atoms with Gasteiger partial charge in [-0.25, -0.2) is 0 Å². The molecule has 0 bridgehead atoms. The number of carbonyl (C=O) groups is 1. The standard InChI is InChI=1S/C2H3INO2/c3-1-2(5)4-6/h1H2,(H-,4,5,6)/q-1. The smallest absolute Gasteiger partial charge is 0.219 e. The summed E-state index contributed by atoms with van der Waals surface area (Å²) in [4.78, 5) is 9.75. The van der Waals surface area contributed by atoms with Crippen LogP contribution in [0, 0.1) is 5.21 Å². The van der Waals surface area contributed by atoms with E-state index in [9.17, 15) is 10.0 Å². The molecule has 0 aliphatic carbocycles. The zero-order chi connectivity index (χ0) is 4.99. The highest BCUT2D eigenvalue weighted by molar-refractivity contribution is 14.1. The van der Waals surface area contributed by atoms with Crippen molar-refractivity contribution in [3.05, 3.63) is 5.21 Å². The summed E-state index contributed by atoms with van der Waals surface area (Å²) in [6, 6.07) is 0. The minimum atomic E-state index is -0.476. The number of hydrogen-bond acceptors (Lipinski definition) is 2. The Bertz CT molecular complexity index is 49.5. The van der Waals surface area contributed by atoms with Gasteiger partial charge in [0.1, 0.15) is 0 Å². The van der Waals surface area contributed by atoms with Crippen molar-refractivity contribution in [2.45, 2.75) is 0 Å². The highest BCUT2D eigenvalue weighted by Crippen LogP contribution is 1.76. The van der Waals surface area contributed by atoms with Crippen molar-refractivity contribution < 1.29 is 4.79 Å². The van der Waals surface area contributed by atoms with Crippen LogP contribution in [-0.4, -0.2) is 10.3 Å². The second-order valence-electron chi connectivity index (χ2n) is 0.659. The van der Waals surface area contributed by atoms with Crippen LogP contribution < -0.4 is 5.48 Å². The maximum atomic E-state index is 9.75. The summed E-state index contributed by atoms with van der Waals surface area (Å²) in [5, 5.41) is 9.26. The molecule has 0 aliphatic heterocycles. The first-order chi connectivity index (χ1) is 2.81. The summed E-state index contributed by atoms with van der Waals surface area (Å²) < 4.78 is 0.237. The summed E-state index contributed by atoms with van der Waals surface area (Å²) in [6.45, 7) is 0. The van der Waals surface area contributed by atoms with Gasteiger partial charge in [0.2, 0.25) is 5.91 Å². The summed E-state index contributed by atoms with van der Waals surface area (Å²) >= 11 is 1.80. The van der Waals surface area contributed by atoms with Crippen LogP contribution in [0.5, 0.6) is 0 Å². The van der Waals surface area contributed by atoms with Crippen molar-refractivity contribution in [1.82, 2.24) is 5.48 Å². The third-order valence-electron chi connectivity index (χ3n) is 0.235. The van der Waals surface area contributed by atoms with Crippen LogP contribution in [0.2, 0.25) is 0 Å². The molecule has 0 saturated carbocycles. The Labute approximate surface area is 48.8 Å². The van der Waals surface area contributed by atoms with Crippen molar-refractivity contribution in [1.29, 1.82) is 0 Å². The Morgan fingerprint density at radius 3 is 2.50 bits per heavy atom. The van der Waals surface area contributed by atoms with Gasteiger partial charge in [0.05, 0.1) is 4.43 Å². The van der Waals surface area contributed by atoms with Gasteiger partial charge in [-0.1, -0.05) is 22.6 Å². The van der Waals surface area contributed by atoms with Gasteiger partial charge in [-0.05, 0) is 0 Å². The number of rotatable bonds is 1. The number of alkyl halides is 1. The first kappa shape index (κ1) is 6.16. The number of hydroxylamine groups is 1. The topological polar surface area (TPSA) is 52.2 Å². The Morgan fingerprint density at radius 2 is 2.50 bits per heavy atom. The molecule has 4 heteroatoms. The molecule has 1 N–H and O–H groups in total. The van der Waals surface area contributed by atoms with Gasteiger partial charge < -0.3 is 10.7 Å². The van der Waals surface area contributed by atoms with E-state index in [1.165, 1.54) is 5.48 Å². The second-order valence-corrected chi connectivity index (χ2v) is 1.42. The third-order valence-corrected chi connectivity index (χ3v) is 0.928. The lowest BCUT2D eigenvalue weighted by Gasteiger charge is -2.00. The summed E-state index contributed by atoms with van der Waals surface area (Å²) in [7, 11) is 0. The van der Waals surface area contributed by atoms with E-state index in [4.69, 9.17) is 0 Å². The fourth-order valence-electron chi connectivity index (χ4n) is 0.0273. The van der Waals surface area contributed by atoms with E-state index < -0.39 is 5.91 Å². The first-order valence-electron chi connectivity index (χ1n) is 1.28. The zero-order valence-corrected chi connectivity index (χ0v) is 5.06. The van der Waals surface area contributed by atoms with Crippen molar-refractivity contribution in [3.63, 3.8) is 0 Å². The number of hydrogen-bond donors (Lipinski definition) is 1. The van der Waals surface area contributed by atoms with E-state index in [2.05, 4.69) is 0 Å². The fraction of sp³-hybridized carbons (Fsp3) is 0.500. The van der Waals surface area contributed by atoms with Gasteiger partial charge in [-0.15, -0.1) is 0 Å². The summed E-state index contributed by atoms with van der Waals surface area (Å²) in [5.41, 5.74) is 1.22. The van der Waals surface area contributed by atoms with Gasteiger partial charge >= 0.3 is 0 Å². The molecule has 0 aromatic carbocycles. The van der Waals surface area contributed by atoms with Crippen LogP contribution in [0.3, 0.4) is 0 Å². The molecule has 0 aromatic heterocycles. The summed E-state index contributed by atoms with van der Waals surface area (Å²) in [5.74, 6) is -0.476. The lowest BCUT2D eigenvalue weighted by molar-refractivity contribution is -0.117. The second kappa shape index (κ2) is 3.35. The van der Waals surface area contributed by atoms with E-state index in [-0.39, 0.29) is 4.43 Å². The molecule has 6 heavy (non-hydrogen) atoms. The molecular formula is C2H3INO2-. The Morgan fingerprint density at radius 1 is 2.00 bits per heavy atom. The molecule has 0 aliphatic rings. The lowest BCUT2D eigenvalue weighted by Crippen LogP contribution is -2.15. The van der Waals surface area contributed by atoms with Crippen LogP contribution in [-0.2, 0) is 4.79 Å². The first-order valence-corrected chi connectivity index (χ1v) is 2.80. The molecule has 0 radical (unpaired) electrons. The monoisotopic (exact) mass is 200 g/mol. The molecule has 0 spiro atoms. The molecule has 36 valence electrons. The van der Waals surface area contributed by atoms with Gasteiger partial charge in [0.15, 0.2) is 0 Å². The molecule has 0 aromatic rings. The highest BCUT2D eigenvalue weighted by Gasteiger charge is 1.82. The van der Waals surface area contributed by atoms with Crippen LogP contribution in [0.25, 0.3) is 0 Å². The van der Waals surface area contributed by atoms with Crippen molar-refractivity contribution in [2.75, 3.05) is 4.43 Å². The van der Waals surface area contributed by atoms with Crippen LogP contribution in [0.1, 0.15) is 0 Å². The SMILES string of the molecule is O=C(CI)N[O-]. The lowest BCUT2D eigenvalue weighted by atomic mass is 10.8. The average Bonchev–Trinajstić information content (AvgIpc) is 1.65. The molecule has 0 heterocycles. The minimum absolute atomic E-state index is 0.237. The van der Waals surface area contributed by atoms with Crippen LogP contribution in [0.4, 0.5) is 0 Å². The number of nitrogens with one attached hydrogen (secondary N) is 1. The normalized spacial score (nSPS) is 7.67. The molecule has 0 unspecified atom stereocenters. The maximum absolute atomic E-state index is 9.75. The number of carbonyl (C=O) groups excluding carboxylic acids is 1. The summed E-state index contributed by atoms with van der Waals surface area (Å²) in [6.07, 6.45) is 0. The highest BCUT2D eigenvalue weighted by atomic mass is 127. The third kappa shape index (κ3) is 2.40. The fourth-order valence-corrected chi connectivity index (χ4v) is 0.183.